The van der Waals surface area contributed by atoms with E-state index >= 15 is 0 Å². The van der Waals surface area contributed by atoms with E-state index in [9.17, 15) is 4.79 Å². The Morgan fingerprint density at radius 2 is 1.65 bits per heavy atom. The molecule has 0 rings (SSSR count). The van der Waals surface area contributed by atoms with Gasteiger partial charge in [-0.2, -0.15) is 0 Å². The maximum Gasteiger partial charge on any atom is 0.308 e. The third-order valence-corrected chi connectivity index (χ3v) is 4.08. The molecule has 0 spiro atoms. The lowest BCUT2D eigenvalue weighted by molar-refractivity contribution is -0.143. The maximum atomic E-state index is 11.1. The van der Waals surface area contributed by atoms with Crippen LogP contribution in [0.2, 0.25) is 0 Å². The number of hydrogen-bond acceptors (Lipinski definition) is 2. The molecule has 0 saturated heterocycles. The van der Waals surface area contributed by atoms with Crippen LogP contribution in [0.1, 0.15) is 48.5 Å². The predicted molar refractivity (Wildman–Crippen MR) is 72.1 cm³/mol. The molecule has 0 aromatic carbocycles. The highest BCUT2D eigenvalue weighted by Gasteiger charge is 2.32. The first-order chi connectivity index (χ1) is 7.49. The Kier molecular flexibility index (Phi) is 5.66. The lowest BCUT2D eigenvalue weighted by atomic mass is 9.69. The fourth-order valence-electron chi connectivity index (χ4n) is 1.41. The highest BCUT2D eigenvalue weighted by atomic mass is 16.4. The van der Waals surface area contributed by atoms with E-state index in [4.69, 9.17) is 5.11 Å². The van der Waals surface area contributed by atoms with Crippen molar-refractivity contribution in [1.29, 1.82) is 0 Å². The van der Waals surface area contributed by atoms with E-state index in [0.29, 0.717) is 6.54 Å². The van der Waals surface area contributed by atoms with Gasteiger partial charge in [-0.15, -0.1) is 0 Å². The smallest absolute Gasteiger partial charge is 0.308 e. The fourth-order valence-corrected chi connectivity index (χ4v) is 1.41. The van der Waals surface area contributed by atoms with Gasteiger partial charge in [-0.05, 0) is 16.7 Å². The van der Waals surface area contributed by atoms with Gasteiger partial charge in [0.15, 0.2) is 0 Å². The van der Waals surface area contributed by atoms with Gasteiger partial charge in [-0.1, -0.05) is 48.5 Å². The van der Waals surface area contributed by atoms with Crippen molar-refractivity contribution in [3.05, 3.63) is 0 Å². The molecule has 17 heavy (non-hydrogen) atoms. The minimum absolute atomic E-state index is 0.146. The summed E-state index contributed by atoms with van der Waals surface area (Å²) in [5, 5.41) is 12.4. The SMILES string of the molecule is CC(C)C(CNCC(C)(C)C(C)(C)C)C(=O)O. The molecule has 3 nitrogen and oxygen atoms in total. The minimum Gasteiger partial charge on any atom is -0.481 e. The molecule has 102 valence electrons. The van der Waals surface area contributed by atoms with Gasteiger partial charge in [-0.25, -0.2) is 0 Å². The van der Waals surface area contributed by atoms with Crippen LogP contribution in [0.3, 0.4) is 0 Å². The van der Waals surface area contributed by atoms with Crippen molar-refractivity contribution in [2.75, 3.05) is 13.1 Å². The Morgan fingerprint density at radius 3 is 1.94 bits per heavy atom. The first-order valence-electron chi connectivity index (χ1n) is 6.42. The second-order valence-electron chi connectivity index (χ2n) is 6.95. The Labute approximate surface area is 106 Å². The molecule has 0 aliphatic rings. The standard InChI is InChI=1S/C14H29NO2/c1-10(2)11(12(16)17)8-15-9-14(6,7)13(3,4)5/h10-11,15H,8-9H2,1-7H3,(H,16,17). The lowest BCUT2D eigenvalue weighted by Gasteiger charge is -2.39. The Morgan fingerprint density at radius 1 is 1.18 bits per heavy atom. The number of carbonyl (C=O) groups is 1. The zero-order valence-corrected chi connectivity index (χ0v) is 12.4. The summed E-state index contributed by atoms with van der Waals surface area (Å²) < 4.78 is 0. The number of carboxylic acid groups (broad SMARTS) is 1. The van der Waals surface area contributed by atoms with E-state index < -0.39 is 5.97 Å². The van der Waals surface area contributed by atoms with Gasteiger partial charge in [0.2, 0.25) is 0 Å². The Balaban J connectivity index is 4.27. The van der Waals surface area contributed by atoms with Gasteiger partial charge in [-0.3, -0.25) is 4.79 Å². The predicted octanol–water partition coefficient (Wildman–Crippen LogP) is 3.01. The zero-order chi connectivity index (χ0) is 13.9. The van der Waals surface area contributed by atoms with Gasteiger partial charge in [0, 0.05) is 13.1 Å². The van der Waals surface area contributed by atoms with E-state index in [0.717, 1.165) is 6.54 Å². The van der Waals surface area contributed by atoms with Crippen LogP contribution in [0.5, 0.6) is 0 Å². The molecular weight excluding hydrogens is 214 g/mol. The van der Waals surface area contributed by atoms with Crippen molar-refractivity contribution < 1.29 is 9.90 Å². The molecule has 0 heterocycles. The summed E-state index contributed by atoms with van der Waals surface area (Å²) in [5.41, 5.74) is 0.351. The molecular formula is C14H29NO2. The molecule has 0 radical (unpaired) electrons. The van der Waals surface area contributed by atoms with Crippen molar-refractivity contribution in [2.24, 2.45) is 22.7 Å². The molecule has 1 unspecified atom stereocenters. The highest BCUT2D eigenvalue weighted by molar-refractivity contribution is 5.70. The summed E-state index contributed by atoms with van der Waals surface area (Å²) in [7, 11) is 0. The molecule has 0 bridgehead atoms. The van der Waals surface area contributed by atoms with Crippen LogP contribution in [-0.2, 0) is 4.79 Å². The van der Waals surface area contributed by atoms with Crippen molar-refractivity contribution in [1.82, 2.24) is 5.32 Å². The maximum absolute atomic E-state index is 11.1. The van der Waals surface area contributed by atoms with Crippen LogP contribution in [0.4, 0.5) is 0 Å². The van der Waals surface area contributed by atoms with E-state index in [1.807, 2.05) is 13.8 Å². The summed E-state index contributed by atoms with van der Waals surface area (Å²) in [6, 6.07) is 0. The zero-order valence-electron chi connectivity index (χ0n) is 12.4. The monoisotopic (exact) mass is 243 g/mol. The molecule has 0 saturated carbocycles. The summed E-state index contributed by atoms with van der Waals surface area (Å²) in [4.78, 5) is 11.1. The van der Waals surface area contributed by atoms with Crippen molar-refractivity contribution >= 4 is 5.97 Å². The number of aliphatic carboxylic acids is 1. The molecule has 0 amide bonds. The van der Waals surface area contributed by atoms with Gasteiger partial charge >= 0.3 is 5.97 Å². The second-order valence-corrected chi connectivity index (χ2v) is 6.95. The van der Waals surface area contributed by atoms with E-state index in [2.05, 4.69) is 39.9 Å². The molecule has 0 aliphatic heterocycles. The number of carboxylic acids is 1. The quantitative estimate of drug-likeness (QED) is 0.754. The second kappa shape index (κ2) is 5.85. The van der Waals surface area contributed by atoms with E-state index in [1.165, 1.54) is 0 Å². The van der Waals surface area contributed by atoms with Crippen LogP contribution in [0.25, 0.3) is 0 Å². The van der Waals surface area contributed by atoms with E-state index in [1.54, 1.807) is 0 Å². The fraction of sp³-hybridized carbons (Fsp3) is 0.929. The number of rotatable bonds is 6. The molecule has 1 atom stereocenters. The summed E-state index contributed by atoms with van der Waals surface area (Å²) >= 11 is 0. The summed E-state index contributed by atoms with van der Waals surface area (Å²) in [5.74, 6) is -0.843. The van der Waals surface area contributed by atoms with Gasteiger partial charge in [0.1, 0.15) is 0 Å². The molecule has 0 fully saturated rings. The Hall–Kier alpha value is -0.570. The third-order valence-electron chi connectivity index (χ3n) is 4.08. The largest absolute Gasteiger partial charge is 0.481 e. The summed E-state index contributed by atoms with van der Waals surface area (Å²) in [6.45, 7) is 16.4. The molecule has 0 aromatic rings. The van der Waals surface area contributed by atoms with Gasteiger partial charge in [0.25, 0.3) is 0 Å². The third kappa shape index (κ3) is 5.07. The molecule has 0 aliphatic carbocycles. The lowest BCUT2D eigenvalue weighted by Crippen LogP contribution is -2.42. The molecule has 2 N–H and O–H groups in total. The molecule has 0 aromatic heterocycles. The average molecular weight is 243 g/mol. The van der Waals surface area contributed by atoms with Gasteiger partial charge in [0.05, 0.1) is 5.92 Å². The van der Waals surface area contributed by atoms with Crippen LogP contribution in [0.15, 0.2) is 0 Å². The van der Waals surface area contributed by atoms with Crippen LogP contribution >= 0.6 is 0 Å². The molecule has 3 heteroatoms. The topological polar surface area (TPSA) is 49.3 Å². The van der Waals surface area contributed by atoms with Crippen molar-refractivity contribution in [3.8, 4) is 0 Å². The highest BCUT2D eigenvalue weighted by Crippen LogP contribution is 2.37. The van der Waals surface area contributed by atoms with Gasteiger partial charge < -0.3 is 10.4 Å². The number of hydrogen-bond donors (Lipinski definition) is 2. The normalized spacial score (nSPS) is 15.1. The van der Waals surface area contributed by atoms with Crippen LogP contribution < -0.4 is 5.32 Å². The van der Waals surface area contributed by atoms with Crippen LogP contribution in [-0.4, -0.2) is 24.2 Å². The first-order valence-corrected chi connectivity index (χ1v) is 6.42. The van der Waals surface area contributed by atoms with Crippen LogP contribution in [0, 0.1) is 22.7 Å². The number of nitrogens with one attached hydrogen (secondary N) is 1. The Bertz CT molecular complexity index is 251. The van der Waals surface area contributed by atoms with E-state index in [-0.39, 0.29) is 22.7 Å². The average Bonchev–Trinajstić information content (AvgIpc) is 2.08. The summed E-state index contributed by atoms with van der Waals surface area (Å²) in [6.07, 6.45) is 0. The van der Waals surface area contributed by atoms with Crippen molar-refractivity contribution in [2.45, 2.75) is 48.5 Å². The minimum atomic E-state index is -0.707. The first kappa shape index (κ1) is 16.4. The van der Waals surface area contributed by atoms with Crippen molar-refractivity contribution in [3.63, 3.8) is 0 Å².